The van der Waals surface area contributed by atoms with Gasteiger partial charge in [0.1, 0.15) is 0 Å². The maximum Gasteiger partial charge on any atom is 0.0821 e. The summed E-state index contributed by atoms with van der Waals surface area (Å²) in [5.74, 6) is 0. The van der Waals surface area contributed by atoms with E-state index in [2.05, 4.69) is 11.7 Å². The van der Waals surface area contributed by atoms with Gasteiger partial charge in [0.25, 0.3) is 0 Å². The molecule has 0 spiro atoms. The van der Waals surface area contributed by atoms with Crippen LogP contribution in [0.15, 0.2) is 18.9 Å². The van der Waals surface area contributed by atoms with Gasteiger partial charge >= 0.3 is 0 Å². The molecule has 0 radical (unpaired) electrons. The summed E-state index contributed by atoms with van der Waals surface area (Å²) in [6.07, 6.45) is 4.20. The van der Waals surface area contributed by atoms with Crippen molar-refractivity contribution >= 4 is 11.6 Å². The highest BCUT2D eigenvalue weighted by molar-refractivity contribution is 6.31. The molecule has 0 unspecified atom stereocenters. The summed E-state index contributed by atoms with van der Waals surface area (Å²) in [4.78, 5) is 0. The Labute approximate surface area is 83.0 Å². The fraction of sp³-hybridized carbons (Fsp3) is 0.444. The van der Waals surface area contributed by atoms with E-state index in [1.54, 1.807) is 13.3 Å². The lowest BCUT2D eigenvalue weighted by Crippen LogP contribution is -2.09. The number of nitrogens with zero attached hydrogens (tertiary/aromatic N) is 2. The molecular weight excluding hydrogens is 188 g/mol. The van der Waals surface area contributed by atoms with Crippen LogP contribution in [0.1, 0.15) is 5.69 Å². The zero-order chi connectivity index (χ0) is 9.68. The lowest BCUT2D eigenvalue weighted by molar-refractivity contribution is 0.182. The molecule has 1 rings (SSSR count). The maximum absolute atomic E-state index is 5.93. The summed E-state index contributed by atoms with van der Waals surface area (Å²) < 4.78 is 6.80. The fourth-order valence-corrected chi connectivity index (χ4v) is 1.32. The van der Waals surface area contributed by atoms with Crippen molar-refractivity contribution in [3.05, 3.63) is 29.6 Å². The Kier molecular flexibility index (Phi) is 3.99. The van der Waals surface area contributed by atoms with Gasteiger partial charge in [-0.3, -0.25) is 4.68 Å². The Morgan fingerprint density at radius 2 is 2.54 bits per heavy atom. The molecule has 13 heavy (non-hydrogen) atoms. The van der Waals surface area contributed by atoms with Gasteiger partial charge < -0.3 is 4.74 Å². The zero-order valence-electron chi connectivity index (χ0n) is 7.66. The smallest absolute Gasteiger partial charge is 0.0821 e. The molecule has 0 atom stereocenters. The lowest BCUT2D eigenvalue weighted by Gasteiger charge is -2.04. The van der Waals surface area contributed by atoms with Gasteiger partial charge in [-0.25, -0.2) is 0 Å². The van der Waals surface area contributed by atoms with Crippen LogP contribution in [0.4, 0.5) is 0 Å². The van der Waals surface area contributed by atoms with E-state index >= 15 is 0 Å². The van der Waals surface area contributed by atoms with Crippen LogP contribution in [0.3, 0.4) is 0 Å². The van der Waals surface area contributed by atoms with Gasteiger partial charge in [0.05, 0.1) is 30.1 Å². The molecule has 3 nitrogen and oxygen atoms in total. The predicted octanol–water partition coefficient (Wildman–Crippen LogP) is 1.91. The highest BCUT2D eigenvalue weighted by Crippen LogP contribution is 2.15. The van der Waals surface area contributed by atoms with Gasteiger partial charge in [-0.05, 0) is 0 Å². The molecule has 0 fully saturated rings. The molecular formula is C9H13ClN2O. The number of methoxy groups -OCH3 is 1. The molecule has 0 aliphatic rings. The van der Waals surface area contributed by atoms with E-state index in [0.29, 0.717) is 11.6 Å². The first-order valence-corrected chi connectivity index (χ1v) is 4.47. The van der Waals surface area contributed by atoms with E-state index in [0.717, 1.165) is 18.7 Å². The van der Waals surface area contributed by atoms with E-state index in [1.165, 1.54) is 0 Å². The van der Waals surface area contributed by atoms with E-state index in [4.69, 9.17) is 16.3 Å². The molecule has 0 N–H and O–H groups in total. The first-order valence-electron chi connectivity index (χ1n) is 4.09. The van der Waals surface area contributed by atoms with Crippen LogP contribution in [0.2, 0.25) is 5.02 Å². The molecule has 1 aromatic heterocycles. The van der Waals surface area contributed by atoms with Crippen LogP contribution in [0.5, 0.6) is 0 Å². The standard InChI is InChI=1S/C9H13ClN2O/c1-3-4-9-8(10)7-11-12(9)5-6-13-2/h3,7H,1,4-6H2,2H3. The van der Waals surface area contributed by atoms with E-state index in [1.807, 2.05) is 10.8 Å². The Morgan fingerprint density at radius 1 is 1.77 bits per heavy atom. The van der Waals surface area contributed by atoms with Crippen molar-refractivity contribution in [2.45, 2.75) is 13.0 Å². The Balaban J connectivity index is 2.74. The van der Waals surface area contributed by atoms with Crippen molar-refractivity contribution in [3.8, 4) is 0 Å². The van der Waals surface area contributed by atoms with E-state index in [-0.39, 0.29) is 0 Å². The maximum atomic E-state index is 5.93. The van der Waals surface area contributed by atoms with Gasteiger partial charge in [0, 0.05) is 13.5 Å². The van der Waals surface area contributed by atoms with Gasteiger partial charge in [0.15, 0.2) is 0 Å². The predicted molar refractivity (Wildman–Crippen MR) is 53.0 cm³/mol. The van der Waals surface area contributed by atoms with Crippen LogP contribution in [-0.2, 0) is 17.7 Å². The molecule has 0 saturated carbocycles. The topological polar surface area (TPSA) is 27.1 Å². The number of ether oxygens (including phenoxy) is 1. The molecule has 1 aromatic rings. The quantitative estimate of drug-likeness (QED) is 0.679. The molecule has 0 amide bonds. The number of allylic oxidation sites excluding steroid dienone is 1. The van der Waals surface area contributed by atoms with Gasteiger partial charge in [0.2, 0.25) is 0 Å². The number of aromatic nitrogens is 2. The van der Waals surface area contributed by atoms with Crippen molar-refractivity contribution in [2.75, 3.05) is 13.7 Å². The second kappa shape index (κ2) is 5.04. The van der Waals surface area contributed by atoms with Gasteiger partial charge in [-0.15, -0.1) is 6.58 Å². The molecule has 0 saturated heterocycles. The van der Waals surface area contributed by atoms with Crippen molar-refractivity contribution in [3.63, 3.8) is 0 Å². The van der Waals surface area contributed by atoms with E-state index in [9.17, 15) is 0 Å². The average molecular weight is 201 g/mol. The summed E-state index contributed by atoms with van der Waals surface area (Å²) in [5.41, 5.74) is 0.994. The third-order valence-corrected chi connectivity index (χ3v) is 2.06. The monoisotopic (exact) mass is 200 g/mol. The van der Waals surface area contributed by atoms with Crippen LogP contribution in [-0.4, -0.2) is 23.5 Å². The van der Waals surface area contributed by atoms with Gasteiger partial charge in [-0.2, -0.15) is 5.10 Å². The average Bonchev–Trinajstić information content (AvgIpc) is 2.46. The van der Waals surface area contributed by atoms with Crippen LogP contribution in [0, 0.1) is 0 Å². The van der Waals surface area contributed by atoms with Crippen molar-refractivity contribution < 1.29 is 4.74 Å². The molecule has 0 aliphatic heterocycles. The highest BCUT2D eigenvalue weighted by atomic mass is 35.5. The summed E-state index contributed by atoms with van der Waals surface area (Å²) in [6.45, 7) is 5.04. The minimum atomic E-state index is 0.641. The molecule has 0 aliphatic carbocycles. The summed E-state index contributed by atoms with van der Waals surface area (Å²) in [7, 11) is 1.66. The zero-order valence-corrected chi connectivity index (χ0v) is 8.42. The van der Waals surface area contributed by atoms with Crippen LogP contribution in [0.25, 0.3) is 0 Å². The summed E-state index contributed by atoms with van der Waals surface area (Å²) in [5, 5.41) is 4.82. The largest absolute Gasteiger partial charge is 0.383 e. The Bertz CT molecular complexity index is 283. The van der Waals surface area contributed by atoms with Crippen molar-refractivity contribution in [1.82, 2.24) is 9.78 Å². The second-order valence-corrected chi connectivity index (χ2v) is 3.06. The van der Waals surface area contributed by atoms with Crippen molar-refractivity contribution in [2.24, 2.45) is 0 Å². The second-order valence-electron chi connectivity index (χ2n) is 2.65. The summed E-state index contributed by atoms with van der Waals surface area (Å²) >= 11 is 5.93. The minimum absolute atomic E-state index is 0.641. The minimum Gasteiger partial charge on any atom is -0.383 e. The fourth-order valence-electron chi connectivity index (χ4n) is 1.10. The van der Waals surface area contributed by atoms with Crippen molar-refractivity contribution in [1.29, 1.82) is 0 Å². The highest BCUT2D eigenvalue weighted by Gasteiger charge is 2.06. The third kappa shape index (κ3) is 2.57. The number of hydrogen-bond acceptors (Lipinski definition) is 2. The van der Waals surface area contributed by atoms with E-state index < -0.39 is 0 Å². The first-order chi connectivity index (χ1) is 6.29. The Hall–Kier alpha value is -0.800. The first kappa shape index (κ1) is 10.3. The number of halogens is 1. The van der Waals surface area contributed by atoms with Crippen LogP contribution < -0.4 is 0 Å². The summed E-state index contributed by atoms with van der Waals surface area (Å²) in [6, 6.07) is 0. The molecule has 0 bridgehead atoms. The Morgan fingerprint density at radius 3 is 3.15 bits per heavy atom. The third-order valence-electron chi connectivity index (χ3n) is 1.74. The number of rotatable bonds is 5. The lowest BCUT2D eigenvalue weighted by atomic mass is 10.3. The normalized spacial score (nSPS) is 10.3. The molecule has 1 heterocycles. The SMILES string of the molecule is C=CCc1c(Cl)cnn1CCOC. The molecule has 72 valence electrons. The van der Waals surface area contributed by atoms with Gasteiger partial charge in [-0.1, -0.05) is 17.7 Å². The molecule has 4 heteroatoms. The van der Waals surface area contributed by atoms with Crippen LogP contribution >= 0.6 is 11.6 Å². The molecule has 0 aromatic carbocycles. The number of hydrogen-bond donors (Lipinski definition) is 0.